The van der Waals surface area contributed by atoms with E-state index in [0.29, 0.717) is 49.6 Å². The number of rotatable bonds is 18. The highest BCUT2D eigenvalue weighted by Crippen LogP contribution is 2.23. The van der Waals surface area contributed by atoms with Gasteiger partial charge in [0.15, 0.2) is 8.32 Å². The van der Waals surface area contributed by atoms with Crippen LogP contribution >= 0.6 is 0 Å². The Bertz CT molecular complexity index is 1180. The van der Waals surface area contributed by atoms with E-state index >= 15 is 0 Å². The van der Waals surface area contributed by atoms with Crippen LogP contribution in [0.4, 0.5) is 0 Å². The highest BCUT2D eigenvalue weighted by Gasteiger charge is 2.38. The summed E-state index contributed by atoms with van der Waals surface area (Å²) in [5.41, 5.74) is 1.22. The highest BCUT2D eigenvalue weighted by atomic mass is 28.4. The SMILES string of the molecule is COC(=O)C=Cc1ccc(OC(=O)c2ccc(OC)cc2)cc1.CO[Si](C)(CCOCC1CO1)O[Si](C)(C)CCOCC(C)O. The zero-order chi connectivity index (χ0) is 33.3. The zero-order valence-electron chi connectivity index (χ0n) is 27.4. The number of carbonyl (C=O) groups is 2. The molecule has 13 heteroatoms. The molecule has 0 radical (unpaired) electrons. The lowest BCUT2D eigenvalue weighted by Gasteiger charge is -2.34. The number of epoxide rings is 1. The van der Waals surface area contributed by atoms with Crippen LogP contribution in [0.25, 0.3) is 6.08 Å². The molecule has 1 aliphatic heterocycles. The number of hydrogen-bond donors (Lipinski definition) is 1. The molecule has 1 N–H and O–H groups in total. The van der Waals surface area contributed by atoms with Gasteiger partial charge in [0.2, 0.25) is 0 Å². The summed E-state index contributed by atoms with van der Waals surface area (Å²) in [7, 11) is 0.547. The number of aliphatic hydroxyl groups excluding tert-OH is 1. The second-order valence-corrected chi connectivity index (χ2v) is 19.2. The molecule has 0 aromatic heterocycles. The average molecular weight is 665 g/mol. The number of benzene rings is 2. The Morgan fingerprint density at radius 1 is 0.956 bits per heavy atom. The van der Waals surface area contributed by atoms with Crippen molar-refractivity contribution in [3.8, 4) is 11.5 Å². The van der Waals surface area contributed by atoms with E-state index in [1.165, 1.54) is 13.2 Å². The second-order valence-electron chi connectivity index (χ2n) is 11.2. The van der Waals surface area contributed by atoms with E-state index in [0.717, 1.165) is 24.3 Å². The van der Waals surface area contributed by atoms with Crippen molar-refractivity contribution in [2.75, 3.05) is 54.4 Å². The Morgan fingerprint density at radius 3 is 2.13 bits per heavy atom. The first kappa shape index (κ1) is 38.3. The van der Waals surface area contributed by atoms with Crippen LogP contribution in [-0.4, -0.2) is 100 Å². The van der Waals surface area contributed by atoms with Gasteiger partial charge in [-0.1, -0.05) is 12.1 Å². The van der Waals surface area contributed by atoms with Crippen molar-refractivity contribution in [1.29, 1.82) is 0 Å². The van der Waals surface area contributed by atoms with E-state index in [4.69, 9.17) is 32.2 Å². The largest absolute Gasteiger partial charge is 0.497 e. The van der Waals surface area contributed by atoms with Crippen molar-refractivity contribution in [1.82, 2.24) is 0 Å². The van der Waals surface area contributed by atoms with Gasteiger partial charge < -0.3 is 42.1 Å². The summed E-state index contributed by atoms with van der Waals surface area (Å²) < 4.78 is 43.1. The fraction of sp³-hybridized carbons (Fsp3) is 0.500. The smallest absolute Gasteiger partial charge is 0.343 e. The van der Waals surface area contributed by atoms with Gasteiger partial charge >= 0.3 is 20.5 Å². The van der Waals surface area contributed by atoms with Crippen LogP contribution in [0.3, 0.4) is 0 Å². The average Bonchev–Trinajstić information content (AvgIpc) is 3.85. The maximum atomic E-state index is 12.0. The highest BCUT2D eigenvalue weighted by molar-refractivity contribution is 6.82. The molecule has 3 rings (SSSR count). The molecule has 1 heterocycles. The summed E-state index contributed by atoms with van der Waals surface area (Å²) in [6.07, 6.45) is 2.81. The van der Waals surface area contributed by atoms with Crippen LogP contribution in [0.15, 0.2) is 54.6 Å². The summed E-state index contributed by atoms with van der Waals surface area (Å²) in [5.74, 6) is 0.204. The maximum Gasteiger partial charge on any atom is 0.343 e. The van der Waals surface area contributed by atoms with Crippen molar-refractivity contribution in [2.24, 2.45) is 0 Å². The van der Waals surface area contributed by atoms with E-state index in [1.54, 1.807) is 75.8 Å². The van der Waals surface area contributed by atoms with Crippen molar-refractivity contribution < 1.29 is 51.7 Å². The van der Waals surface area contributed by atoms with E-state index in [-0.39, 0.29) is 0 Å². The fourth-order valence-corrected chi connectivity index (χ4v) is 11.0. The molecule has 3 atom stereocenters. The van der Waals surface area contributed by atoms with Gasteiger partial charge in [0.25, 0.3) is 0 Å². The van der Waals surface area contributed by atoms with Crippen molar-refractivity contribution in [3.05, 3.63) is 65.7 Å². The molecule has 3 unspecified atom stereocenters. The zero-order valence-corrected chi connectivity index (χ0v) is 29.4. The molecule has 1 fully saturated rings. The fourth-order valence-electron chi connectivity index (χ4n) is 3.81. The van der Waals surface area contributed by atoms with Crippen molar-refractivity contribution in [3.63, 3.8) is 0 Å². The minimum absolute atomic E-state index is 0.299. The van der Waals surface area contributed by atoms with Gasteiger partial charge in [-0.15, -0.1) is 0 Å². The van der Waals surface area contributed by atoms with Crippen LogP contribution in [0.2, 0.25) is 31.7 Å². The molecular weight excluding hydrogens is 617 g/mol. The Hall–Kier alpha value is -2.89. The third-order valence-corrected chi connectivity index (χ3v) is 13.9. The number of aliphatic hydroxyl groups is 1. The first-order valence-corrected chi connectivity index (χ1v) is 20.5. The Labute approximate surface area is 268 Å². The number of carbonyl (C=O) groups excluding carboxylic acids is 2. The topological polar surface area (TPSA) is 132 Å². The molecule has 0 aliphatic carbocycles. The van der Waals surface area contributed by atoms with Crippen molar-refractivity contribution >= 4 is 34.9 Å². The number of hydrogen-bond acceptors (Lipinski definition) is 11. The molecule has 250 valence electrons. The van der Waals surface area contributed by atoms with E-state index in [9.17, 15) is 14.7 Å². The van der Waals surface area contributed by atoms with Gasteiger partial charge in [-0.25, -0.2) is 9.59 Å². The Kier molecular flexibility index (Phi) is 16.7. The Balaban J connectivity index is 0.000000314. The van der Waals surface area contributed by atoms with Gasteiger partial charge in [-0.3, -0.25) is 0 Å². The molecule has 11 nitrogen and oxygen atoms in total. The van der Waals surface area contributed by atoms with Crippen LogP contribution in [-0.2, 0) is 32.3 Å². The predicted octanol–water partition coefficient (Wildman–Crippen LogP) is 4.84. The molecule has 45 heavy (non-hydrogen) atoms. The number of ether oxygens (including phenoxy) is 6. The van der Waals surface area contributed by atoms with Crippen LogP contribution in [0.5, 0.6) is 11.5 Å². The lowest BCUT2D eigenvalue weighted by atomic mass is 10.2. The third-order valence-electron chi connectivity index (χ3n) is 6.57. The Morgan fingerprint density at radius 2 is 1.58 bits per heavy atom. The molecule has 1 saturated heterocycles. The summed E-state index contributed by atoms with van der Waals surface area (Å²) >= 11 is 0. The molecule has 0 saturated carbocycles. The van der Waals surface area contributed by atoms with Crippen molar-refractivity contribution in [2.45, 2.75) is 50.9 Å². The molecule has 2 aromatic carbocycles. The molecule has 0 amide bonds. The minimum Gasteiger partial charge on any atom is -0.497 e. The quantitative estimate of drug-likeness (QED) is 0.0587. The number of esters is 2. The first-order valence-electron chi connectivity index (χ1n) is 14.8. The third kappa shape index (κ3) is 16.3. The summed E-state index contributed by atoms with van der Waals surface area (Å²) in [4.78, 5) is 23.0. The van der Waals surface area contributed by atoms with Crippen LogP contribution < -0.4 is 9.47 Å². The van der Waals surface area contributed by atoms with Gasteiger partial charge in [-0.05, 0) is 80.6 Å². The van der Waals surface area contributed by atoms with Gasteiger partial charge in [-0.2, -0.15) is 0 Å². The van der Waals surface area contributed by atoms with Gasteiger partial charge in [0.1, 0.15) is 17.6 Å². The molecule has 2 aromatic rings. The van der Waals surface area contributed by atoms with E-state index in [2.05, 4.69) is 24.4 Å². The second kappa shape index (κ2) is 19.6. The lowest BCUT2D eigenvalue weighted by Crippen LogP contribution is -2.49. The normalized spacial score (nSPS) is 16.2. The molecule has 1 aliphatic rings. The first-order chi connectivity index (χ1) is 21.4. The van der Waals surface area contributed by atoms with Gasteiger partial charge in [0.05, 0.1) is 45.7 Å². The monoisotopic (exact) mass is 664 g/mol. The van der Waals surface area contributed by atoms with E-state index < -0.39 is 34.9 Å². The summed E-state index contributed by atoms with van der Waals surface area (Å²) in [6.45, 7) is 11.3. The number of methoxy groups -OCH3 is 2. The predicted molar refractivity (Wildman–Crippen MR) is 175 cm³/mol. The summed E-state index contributed by atoms with van der Waals surface area (Å²) in [5, 5.41) is 9.19. The van der Waals surface area contributed by atoms with Crippen LogP contribution in [0.1, 0.15) is 22.8 Å². The minimum atomic E-state index is -2.20. The molecule has 0 spiro atoms. The van der Waals surface area contributed by atoms with Gasteiger partial charge in [0, 0.05) is 32.4 Å². The molecular formula is C32H48O11Si2. The lowest BCUT2D eigenvalue weighted by molar-refractivity contribution is -0.134. The molecule has 0 bridgehead atoms. The standard InChI is InChI=1S/C18H16O5.C14H32O6Si2/c1-21-15-10-6-14(7-11-15)18(20)23-16-8-3-13(4-9-16)5-12-17(19)22-2;1-13(15)10-17-6-8-21(3,4)20-22(5,16-2)9-7-18-11-14-12-19-14/h3-12H,1-2H3;13-15H,6-12H2,1-5H3. The van der Waals surface area contributed by atoms with E-state index in [1.807, 2.05) is 0 Å². The maximum absolute atomic E-state index is 12.0. The summed E-state index contributed by atoms with van der Waals surface area (Å²) in [6, 6.07) is 15.1. The van der Waals surface area contributed by atoms with Crippen LogP contribution in [0, 0.1) is 0 Å².